The first-order chi connectivity index (χ1) is 21.8. The second kappa shape index (κ2) is 15.3. The summed E-state index contributed by atoms with van der Waals surface area (Å²) in [5.74, 6) is -1.11. The van der Waals surface area contributed by atoms with Crippen molar-refractivity contribution in [3.63, 3.8) is 0 Å². The summed E-state index contributed by atoms with van der Waals surface area (Å²) >= 11 is 6.19. The number of nitrogens with zero attached hydrogens (tertiary/aromatic N) is 2. The molecule has 3 N–H and O–H groups in total. The smallest absolute Gasteiger partial charge is 0.246 e. The van der Waals surface area contributed by atoms with Gasteiger partial charge in [-0.25, -0.2) is 0 Å². The van der Waals surface area contributed by atoms with Crippen LogP contribution in [0.4, 0.5) is 5.69 Å². The second-order valence-corrected chi connectivity index (χ2v) is 12.1. The molecule has 0 spiro atoms. The molecule has 2 atom stereocenters. The van der Waals surface area contributed by atoms with E-state index in [1.54, 1.807) is 47.4 Å². The van der Waals surface area contributed by atoms with Crippen molar-refractivity contribution in [1.29, 1.82) is 0 Å². The molecule has 1 saturated heterocycles. The van der Waals surface area contributed by atoms with Gasteiger partial charge in [0.15, 0.2) is 5.78 Å². The number of carbonyl (C=O) groups excluding carboxylic acids is 4. The molecule has 0 bridgehead atoms. The minimum Gasteiger partial charge on any atom is -0.342 e. The van der Waals surface area contributed by atoms with Crippen LogP contribution < -0.4 is 16.0 Å². The van der Waals surface area contributed by atoms with Crippen molar-refractivity contribution in [3.8, 4) is 0 Å². The van der Waals surface area contributed by atoms with Crippen LogP contribution in [0.1, 0.15) is 46.3 Å². The van der Waals surface area contributed by atoms with Crippen LogP contribution in [0.25, 0.3) is 0 Å². The first-order valence-corrected chi connectivity index (χ1v) is 15.9. The van der Waals surface area contributed by atoms with Crippen molar-refractivity contribution >= 4 is 40.8 Å². The van der Waals surface area contributed by atoms with Gasteiger partial charge in [-0.05, 0) is 48.2 Å². The summed E-state index contributed by atoms with van der Waals surface area (Å²) in [4.78, 5) is 57.8. The Bertz CT molecular complexity index is 1530. The zero-order valence-electron chi connectivity index (χ0n) is 25.6. The van der Waals surface area contributed by atoms with Gasteiger partial charge in [0.2, 0.25) is 17.7 Å². The van der Waals surface area contributed by atoms with Gasteiger partial charge in [0.1, 0.15) is 12.1 Å². The van der Waals surface area contributed by atoms with Gasteiger partial charge in [0.25, 0.3) is 0 Å². The highest BCUT2D eigenvalue weighted by molar-refractivity contribution is 6.31. The van der Waals surface area contributed by atoms with E-state index in [0.29, 0.717) is 35.7 Å². The lowest BCUT2D eigenvalue weighted by Crippen LogP contribution is -2.56. The van der Waals surface area contributed by atoms with Crippen LogP contribution in [0.2, 0.25) is 5.02 Å². The molecule has 2 aliphatic heterocycles. The number of piperazine rings is 1. The number of carbonyl (C=O) groups is 4. The number of amides is 3. The van der Waals surface area contributed by atoms with Gasteiger partial charge in [-0.3, -0.25) is 19.2 Å². The zero-order chi connectivity index (χ0) is 31.8. The third kappa shape index (κ3) is 8.57. The molecule has 0 aliphatic carbocycles. The highest BCUT2D eigenvalue weighted by Crippen LogP contribution is 2.25. The minimum absolute atomic E-state index is 0.0114. The standard InChI is InChI=1S/C35H40ClN5O4/c1-24-21-28(11-12-29(24)36)38-34(44)30(15-18-40-19-16-37-17-20-40)39-35(45)31-22-26-9-5-6-10-27(26)23-41(31)33(43)14-13-32(42)25-7-3-2-4-8-25/h2-12,21,30-31,37H,13-20,22-23H2,1H3,(H,38,44)(H,39,45)/t30-,31-/m0/s1. The van der Waals surface area contributed by atoms with Gasteiger partial charge >= 0.3 is 0 Å². The molecule has 3 aromatic rings. The quantitative estimate of drug-likeness (QED) is 0.277. The number of benzene rings is 3. The predicted molar refractivity (Wildman–Crippen MR) is 175 cm³/mol. The van der Waals surface area contributed by atoms with Crippen molar-refractivity contribution in [3.05, 3.63) is 100 Å². The van der Waals surface area contributed by atoms with Crippen molar-refractivity contribution in [2.24, 2.45) is 0 Å². The molecule has 5 rings (SSSR count). The topological polar surface area (TPSA) is 111 Å². The molecule has 9 nitrogen and oxygen atoms in total. The third-order valence-electron chi connectivity index (χ3n) is 8.54. The Morgan fingerprint density at radius 1 is 0.933 bits per heavy atom. The van der Waals surface area contributed by atoms with Gasteiger partial charge in [0.05, 0.1) is 0 Å². The van der Waals surface area contributed by atoms with E-state index >= 15 is 0 Å². The zero-order valence-corrected chi connectivity index (χ0v) is 26.3. The second-order valence-electron chi connectivity index (χ2n) is 11.7. The molecule has 45 heavy (non-hydrogen) atoms. The van der Waals surface area contributed by atoms with Crippen molar-refractivity contribution < 1.29 is 19.2 Å². The molecule has 0 radical (unpaired) electrons. The Balaban J connectivity index is 1.32. The van der Waals surface area contributed by atoms with Crippen LogP contribution >= 0.6 is 11.6 Å². The van der Waals surface area contributed by atoms with E-state index in [2.05, 4.69) is 20.9 Å². The molecule has 2 aliphatic rings. The number of ketones is 1. The number of rotatable bonds is 11. The maximum Gasteiger partial charge on any atom is 0.246 e. The molecule has 236 valence electrons. The van der Waals surface area contributed by atoms with Gasteiger partial charge in [-0.1, -0.05) is 66.2 Å². The fourth-order valence-electron chi connectivity index (χ4n) is 5.89. The molecular formula is C35H40ClN5O4. The fraction of sp³-hybridized carbons (Fsp3) is 0.371. The Hall–Kier alpha value is -4.05. The average Bonchev–Trinajstić information content (AvgIpc) is 3.07. The molecule has 2 heterocycles. The molecule has 3 amide bonds. The first kappa shape index (κ1) is 32.3. The molecular weight excluding hydrogens is 590 g/mol. The van der Waals surface area contributed by atoms with Crippen LogP contribution in [-0.2, 0) is 27.3 Å². The summed E-state index contributed by atoms with van der Waals surface area (Å²) in [7, 11) is 0. The molecule has 10 heteroatoms. The van der Waals surface area contributed by atoms with E-state index in [0.717, 1.165) is 42.9 Å². The van der Waals surface area contributed by atoms with Gasteiger partial charge in [-0.15, -0.1) is 0 Å². The van der Waals surface area contributed by atoms with Crippen molar-refractivity contribution in [1.82, 2.24) is 20.4 Å². The number of aryl methyl sites for hydroxylation is 1. The summed E-state index contributed by atoms with van der Waals surface area (Å²) in [6.45, 7) is 6.23. The predicted octanol–water partition coefficient (Wildman–Crippen LogP) is 3.98. The van der Waals surface area contributed by atoms with Crippen LogP contribution in [-0.4, -0.2) is 78.1 Å². The lowest BCUT2D eigenvalue weighted by Gasteiger charge is -2.37. The molecule has 3 aromatic carbocycles. The Labute approximate surface area is 269 Å². The summed E-state index contributed by atoms with van der Waals surface area (Å²) < 4.78 is 0. The number of nitrogens with one attached hydrogen (secondary N) is 3. The van der Waals surface area contributed by atoms with Gasteiger partial charge in [0, 0.05) is 74.8 Å². The number of hydrogen-bond donors (Lipinski definition) is 3. The lowest BCUT2D eigenvalue weighted by molar-refractivity contribution is -0.142. The Morgan fingerprint density at radius 3 is 2.38 bits per heavy atom. The summed E-state index contributed by atoms with van der Waals surface area (Å²) in [6.07, 6.45) is 0.768. The normalized spacial score (nSPS) is 17.2. The van der Waals surface area contributed by atoms with Crippen LogP contribution in [0.15, 0.2) is 72.8 Å². The van der Waals surface area contributed by atoms with E-state index in [1.165, 1.54) is 0 Å². The van der Waals surface area contributed by atoms with Crippen molar-refractivity contribution in [2.75, 3.05) is 38.0 Å². The highest BCUT2D eigenvalue weighted by atomic mass is 35.5. The van der Waals surface area contributed by atoms with Gasteiger partial charge in [-0.2, -0.15) is 0 Å². The minimum atomic E-state index is -0.822. The molecule has 0 saturated carbocycles. The van der Waals surface area contributed by atoms with Crippen LogP contribution in [0.3, 0.4) is 0 Å². The first-order valence-electron chi connectivity index (χ1n) is 15.5. The Kier molecular flexibility index (Phi) is 11.0. The van der Waals surface area contributed by atoms with E-state index in [1.807, 2.05) is 37.3 Å². The monoisotopic (exact) mass is 629 g/mol. The largest absolute Gasteiger partial charge is 0.342 e. The highest BCUT2D eigenvalue weighted by Gasteiger charge is 2.36. The molecule has 0 aromatic heterocycles. The maximum atomic E-state index is 14.0. The molecule has 1 fully saturated rings. The van der Waals surface area contributed by atoms with Crippen LogP contribution in [0, 0.1) is 6.92 Å². The Morgan fingerprint density at radius 2 is 1.64 bits per heavy atom. The van der Waals surface area contributed by atoms with E-state index in [4.69, 9.17) is 11.6 Å². The summed E-state index contributed by atoms with van der Waals surface area (Å²) in [5, 5.41) is 9.88. The maximum absolute atomic E-state index is 14.0. The summed E-state index contributed by atoms with van der Waals surface area (Å²) in [5.41, 5.74) is 3.93. The average molecular weight is 630 g/mol. The van der Waals surface area contributed by atoms with E-state index < -0.39 is 12.1 Å². The van der Waals surface area contributed by atoms with Crippen molar-refractivity contribution in [2.45, 2.75) is 51.2 Å². The van der Waals surface area contributed by atoms with Gasteiger partial charge < -0.3 is 25.8 Å². The van der Waals surface area contributed by atoms with Crippen LogP contribution in [0.5, 0.6) is 0 Å². The number of halogens is 1. The number of hydrogen-bond acceptors (Lipinski definition) is 6. The number of fused-ring (bicyclic) bond motifs is 1. The van der Waals surface area contributed by atoms with E-state index in [-0.39, 0.29) is 42.9 Å². The number of anilines is 1. The van der Waals surface area contributed by atoms with E-state index in [9.17, 15) is 19.2 Å². The third-order valence-corrected chi connectivity index (χ3v) is 8.96. The summed E-state index contributed by atoms with van der Waals surface area (Å²) in [6, 6.07) is 20.3. The number of Topliss-reactive ketones (excluding diaryl/α,β-unsaturated/α-hetero) is 1. The SMILES string of the molecule is Cc1cc(NC(=O)[C@H](CCN2CCNCC2)NC(=O)[C@@H]2Cc3ccccc3CN2C(=O)CCC(=O)c2ccccc2)ccc1Cl. The molecule has 0 unspecified atom stereocenters. The fourth-order valence-corrected chi connectivity index (χ4v) is 6.00. The lowest BCUT2D eigenvalue weighted by atomic mass is 9.92.